The van der Waals surface area contributed by atoms with E-state index in [-0.39, 0.29) is 6.04 Å². The van der Waals surface area contributed by atoms with E-state index in [2.05, 4.69) is 18.7 Å². The summed E-state index contributed by atoms with van der Waals surface area (Å²) in [5.41, 5.74) is 6.64. The average Bonchev–Trinajstić information content (AvgIpc) is 2.38. The number of hydrogen-bond acceptors (Lipinski definition) is 2. The lowest BCUT2D eigenvalue weighted by Gasteiger charge is -2.42. The number of nitrogens with zero attached hydrogens (tertiary/aromatic N) is 1. The Morgan fingerprint density at radius 1 is 1.26 bits per heavy atom. The third-order valence-electron chi connectivity index (χ3n) is 4.12. The summed E-state index contributed by atoms with van der Waals surface area (Å²) in [7, 11) is 0. The Kier molecular flexibility index (Phi) is 4.53. The van der Waals surface area contributed by atoms with E-state index in [0.29, 0.717) is 18.5 Å². The molecule has 106 valence electrons. The highest BCUT2D eigenvalue weighted by molar-refractivity contribution is 5.22. The van der Waals surface area contributed by atoms with Crippen molar-refractivity contribution in [3.63, 3.8) is 0 Å². The topological polar surface area (TPSA) is 29.3 Å². The van der Waals surface area contributed by atoms with Crippen LogP contribution in [0.4, 0.5) is 8.78 Å². The monoisotopic (exact) mass is 268 g/mol. The van der Waals surface area contributed by atoms with Crippen LogP contribution in [0.3, 0.4) is 0 Å². The summed E-state index contributed by atoms with van der Waals surface area (Å²) in [6.45, 7) is 5.77. The van der Waals surface area contributed by atoms with Gasteiger partial charge in [-0.1, -0.05) is 13.0 Å². The van der Waals surface area contributed by atoms with Crippen LogP contribution in [0.1, 0.15) is 38.3 Å². The number of halogens is 2. The molecule has 2 rings (SSSR count). The molecule has 0 saturated carbocycles. The summed E-state index contributed by atoms with van der Waals surface area (Å²) >= 11 is 0. The van der Waals surface area contributed by atoms with Crippen LogP contribution in [-0.4, -0.2) is 24.0 Å². The molecule has 4 heteroatoms. The van der Waals surface area contributed by atoms with Crippen molar-refractivity contribution < 1.29 is 8.78 Å². The second-order valence-corrected chi connectivity index (χ2v) is 5.65. The molecule has 3 unspecified atom stereocenters. The minimum atomic E-state index is -0.806. The summed E-state index contributed by atoms with van der Waals surface area (Å²) in [4.78, 5) is 2.32. The highest BCUT2D eigenvalue weighted by atomic mass is 19.2. The van der Waals surface area contributed by atoms with E-state index in [9.17, 15) is 8.78 Å². The summed E-state index contributed by atoms with van der Waals surface area (Å²) in [6.07, 6.45) is 2.34. The molecule has 0 aromatic heterocycles. The van der Waals surface area contributed by atoms with Crippen molar-refractivity contribution >= 4 is 0 Å². The van der Waals surface area contributed by atoms with Crippen LogP contribution in [0.25, 0.3) is 0 Å². The molecule has 2 N–H and O–H groups in total. The fraction of sp³-hybridized carbons (Fsp3) is 0.600. The van der Waals surface area contributed by atoms with Gasteiger partial charge in [0.2, 0.25) is 0 Å². The van der Waals surface area contributed by atoms with Gasteiger partial charge in [0.05, 0.1) is 0 Å². The second kappa shape index (κ2) is 5.97. The zero-order valence-electron chi connectivity index (χ0n) is 11.6. The normalized spacial score (nSPS) is 26.4. The zero-order chi connectivity index (χ0) is 14.0. The van der Waals surface area contributed by atoms with E-state index < -0.39 is 11.6 Å². The Labute approximate surface area is 113 Å². The molecule has 0 radical (unpaired) electrons. The Hall–Kier alpha value is -1.00. The Morgan fingerprint density at radius 3 is 2.63 bits per heavy atom. The van der Waals surface area contributed by atoms with Crippen LogP contribution in [0.5, 0.6) is 0 Å². The van der Waals surface area contributed by atoms with Gasteiger partial charge in [0.25, 0.3) is 0 Å². The van der Waals surface area contributed by atoms with Gasteiger partial charge in [-0.3, -0.25) is 4.90 Å². The lowest BCUT2D eigenvalue weighted by Crippen LogP contribution is -2.45. The minimum Gasteiger partial charge on any atom is -0.329 e. The van der Waals surface area contributed by atoms with Crippen molar-refractivity contribution in [2.45, 2.75) is 38.8 Å². The maximum Gasteiger partial charge on any atom is 0.159 e. The number of piperidine rings is 1. The van der Waals surface area contributed by atoms with Gasteiger partial charge >= 0.3 is 0 Å². The van der Waals surface area contributed by atoms with Gasteiger partial charge < -0.3 is 5.73 Å². The Bertz CT molecular complexity index is 436. The molecular formula is C15H22F2N2. The molecule has 19 heavy (non-hydrogen) atoms. The maximum atomic E-state index is 13.4. The maximum absolute atomic E-state index is 13.4. The van der Waals surface area contributed by atoms with E-state index in [1.165, 1.54) is 18.6 Å². The van der Waals surface area contributed by atoms with Gasteiger partial charge in [-0.2, -0.15) is 0 Å². The minimum absolute atomic E-state index is 0.0344. The smallest absolute Gasteiger partial charge is 0.159 e. The predicted molar refractivity (Wildman–Crippen MR) is 72.7 cm³/mol. The molecule has 1 fully saturated rings. The summed E-state index contributed by atoms with van der Waals surface area (Å²) in [6, 6.07) is 4.50. The molecule has 2 nitrogen and oxygen atoms in total. The first kappa shape index (κ1) is 14.4. The van der Waals surface area contributed by atoms with E-state index in [1.54, 1.807) is 6.07 Å². The van der Waals surface area contributed by atoms with E-state index in [0.717, 1.165) is 18.5 Å². The molecule has 1 aromatic carbocycles. The van der Waals surface area contributed by atoms with Crippen molar-refractivity contribution in [3.8, 4) is 0 Å². The molecule has 0 amide bonds. The molecule has 0 aliphatic carbocycles. The number of nitrogens with two attached hydrogens (primary N) is 1. The fourth-order valence-corrected chi connectivity index (χ4v) is 2.94. The van der Waals surface area contributed by atoms with Crippen LogP contribution >= 0.6 is 0 Å². The van der Waals surface area contributed by atoms with Crippen molar-refractivity contribution in [2.75, 3.05) is 13.1 Å². The highest BCUT2D eigenvalue weighted by Crippen LogP contribution is 2.30. The van der Waals surface area contributed by atoms with Crippen LogP contribution in [0.15, 0.2) is 18.2 Å². The van der Waals surface area contributed by atoms with E-state index >= 15 is 0 Å². The lowest BCUT2D eigenvalue weighted by molar-refractivity contribution is 0.0796. The molecule has 0 bridgehead atoms. The number of rotatable bonds is 3. The van der Waals surface area contributed by atoms with Gasteiger partial charge in [-0.25, -0.2) is 8.78 Å². The van der Waals surface area contributed by atoms with Gasteiger partial charge in [0, 0.05) is 25.2 Å². The predicted octanol–water partition coefficient (Wildman–Crippen LogP) is 3.09. The van der Waals surface area contributed by atoms with Crippen LogP contribution in [0.2, 0.25) is 0 Å². The second-order valence-electron chi connectivity index (χ2n) is 5.65. The first-order chi connectivity index (χ1) is 9.02. The molecule has 1 saturated heterocycles. The van der Waals surface area contributed by atoms with Crippen molar-refractivity contribution in [1.29, 1.82) is 0 Å². The van der Waals surface area contributed by atoms with Crippen molar-refractivity contribution in [1.82, 2.24) is 4.90 Å². The van der Waals surface area contributed by atoms with Gasteiger partial charge in [-0.15, -0.1) is 0 Å². The fourth-order valence-electron chi connectivity index (χ4n) is 2.94. The molecule has 1 aliphatic rings. The molecule has 3 atom stereocenters. The molecule has 1 heterocycles. The quantitative estimate of drug-likeness (QED) is 0.912. The highest BCUT2D eigenvalue weighted by Gasteiger charge is 2.29. The van der Waals surface area contributed by atoms with Crippen molar-refractivity contribution in [3.05, 3.63) is 35.4 Å². The third kappa shape index (κ3) is 3.12. The molecule has 0 spiro atoms. The summed E-state index contributed by atoms with van der Waals surface area (Å²) < 4.78 is 26.4. The largest absolute Gasteiger partial charge is 0.329 e. The number of likely N-dealkylation sites (tertiary alicyclic amines) is 1. The Balaban J connectivity index is 2.25. The molecular weight excluding hydrogens is 246 g/mol. The summed E-state index contributed by atoms with van der Waals surface area (Å²) in [5, 5.41) is 0. The Morgan fingerprint density at radius 2 is 2.00 bits per heavy atom. The molecule has 1 aliphatic heterocycles. The van der Waals surface area contributed by atoms with E-state index in [1.807, 2.05) is 0 Å². The van der Waals surface area contributed by atoms with E-state index in [4.69, 9.17) is 5.73 Å². The number of hydrogen-bond donors (Lipinski definition) is 1. The van der Waals surface area contributed by atoms with Gasteiger partial charge in [0.1, 0.15) is 0 Å². The van der Waals surface area contributed by atoms with Gasteiger partial charge in [0.15, 0.2) is 11.6 Å². The average molecular weight is 268 g/mol. The standard InChI is InChI=1S/C15H22F2N2/c1-10-3-4-11(2)19(9-10)15(8-18)12-5-6-13(16)14(17)7-12/h5-7,10-11,15H,3-4,8-9,18H2,1-2H3. The summed E-state index contributed by atoms with van der Waals surface area (Å²) in [5.74, 6) is -0.983. The third-order valence-corrected chi connectivity index (χ3v) is 4.12. The molecule has 1 aromatic rings. The first-order valence-corrected chi connectivity index (χ1v) is 6.93. The van der Waals surface area contributed by atoms with Crippen LogP contribution < -0.4 is 5.73 Å². The van der Waals surface area contributed by atoms with Gasteiger partial charge in [-0.05, 0) is 43.4 Å². The number of benzene rings is 1. The zero-order valence-corrected chi connectivity index (χ0v) is 11.6. The van der Waals surface area contributed by atoms with Crippen LogP contribution in [-0.2, 0) is 0 Å². The first-order valence-electron chi connectivity index (χ1n) is 6.93. The van der Waals surface area contributed by atoms with Crippen molar-refractivity contribution in [2.24, 2.45) is 11.7 Å². The SMILES string of the molecule is CC1CCC(C)N(C(CN)c2ccc(F)c(F)c2)C1. The van der Waals surface area contributed by atoms with Crippen LogP contribution in [0, 0.1) is 17.6 Å². The lowest BCUT2D eigenvalue weighted by atomic mass is 9.91.